The van der Waals surface area contributed by atoms with Crippen molar-refractivity contribution in [3.8, 4) is 0 Å². The van der Waals surface area contributed by atoms with Crippen LogP contribution in [0, 0.1) is 11.8 Å². The zero-order chi connectivity index (χ0) is 16.2. The first-order chi connectivity index (χ1) is 11.1. The molecule has 132 valence electrons. The third-order valence-corrected chi connectivity index (χ3v) is 5.01. The molecule has 0 aromatic heterocycles. The molecule has 2 aliphatic heterocycles. The van der Waals surface area contributed by atoms with Gasteiger partial charge in [-0.2, -0.15) is 0 Å². The maximum absolute atomic E-state index is 12.2. The van der Waals surface area contributed by atoms with Gasteiger partial charge < -0.3 is 16.0 Å². The van der Waals surface area contributed by atoms with Crippen LogP contribution in [-0.4, -0.2) is 30.9 Å². The fourth-order valence-electron chi connectivity index (χ4n) is 3.41. The minimum atomic E-state index is -0.113. The molecule has 3 rings (SSSR count). The number of hydrogen-bond donors (Lipinski definition) is 3. The number of amides is 2. The van der Waals surface area contributed by atoms with Crippen LogP contribution < -0.4 is 16.0 Å². The van der Waals surface area contributed by atoms with Crippen LogP contribution in [0.3, 0.4) is 0 Å². The van der Waals surface area contributed by atoms with Gasteiger partial charge in [0.2, 0.25) is 11.8 Å². The van der Waals surface area contributed by atoms with Crippen molar-refractivity contribution in [3.05, 3.63) is 29.8 Å². The topological polar surface area (TPSA) is 70.2 Å². The van der Waals surface area contributed by atoms with E-state index in [1.807, 2.05) is 24.3 Å². The van der Waals surface area contributed by atoms with Gasteiger partial charge in [0.15, 0.2) is 0 Å². The molecule has 24 heavy (non-hydrogen) atoms. The lowest BCUT2D eigenvalue weighted by Crippen LogP contribution is -2.50. The highest BCUT2D eigenvalue weighted by Crippen LogP contribution is 2.27. The second kappa shape index (κ2) is 8.49. The first kappa shape index (κ1) is 18.7. The molecule has 0 spiro atoms. The molecule has 2 amide bonds. The Labute approximate surface area is 149 Å². The summed E-state index contributed by atoms with van der Waals surface area (Å²) in [5.74, 6) is 0.476. The number of halogens is 1. The predicted octanol–water partition coefficient (Wildman–Crippen LogP) is 2.11. The van der Waals surface area contributed by atoms with Crippen molar-refractivity contribution in [1.82, 2.24) is 10.6 Å². The fourth-order valence-corrected chi connectivity index (χ4v) is 3.41. The summed E-state index contributed by atoms with van der Waals surface area (Å²) in [5.41, 5.74) is 2.06. The van der Waals surface area contributed by atoms with E-state index in [1.54, 1.807) is 0 Å². The van der Waals surface area contributed by atoms with Crippen LogP contribution in [0.5, 0.6) is 0 Å². The van der Waals surface area contributed by atoms with Crippen LogP contribution in [-0.2, 0) is 16.0 Å². The minimum Gasteiger partial charge on any atom is -0.352 e. The SMILES string of the molecule is CC1CCNCC1NC(=O)CCC1Cc2ccccc2NC1=O.Cl. The number of fused-ring (bicyclic) bond motifs is 1. The monoisotopic (exact) mass is 351 g/mol. The number of benzene rings is 1. The first-order valence-electron chi connectivity index (χ1n) is 8.52. The summed E-state index contributed by atoms with van der Waals surface area (Å²) >= 11 is 0. The zero-order valence-electron chi connectivity index (χ0n) is 14.0. The van der Waals surface area contributed by atoms with Crippen molar-refractivity contribution in [2.45, 2.75) is 38.6 Å². The van der Waals surface area contributed by atoms with Crippen molar-refractivity contribution in [1.29, 1.82) is 0 Å². The van der Waals surface area contributed by atoms with Gasteiger partial charge in [0, 0.05) is 30.6 Å². The highest BCUT2D eigenvalue weighted by Gasteiger charge is 2.27. The molecule has 1 aromatic rings. The van der Waals surface area contributed by atoms with Gasteiger partial charge in [0.05, 0.1) is 0 Å². The second-order valence-corrected chi connectivity index (χ2v) is 6.73. The van der Waals surface area contributed by atoms with Crippen molar-refractivity contribution >= 4 is 29.9 Å². The Bertz CT molecular complexity index is 593. The molecule has 2 heterocycles. The molecule has 3 atom stereocenters. The molecule has 1 fully saturated rings. The highest BCUT2D eigenvalue weighted by molar-refractivity contribution is 5.96. The van der Waals surface area contributed by atoms with E-state index in [4.69, 9.17) is 0 Å². The molecule has 0 saturated carbocycles. The lowest BCUT2D eigenvalue weighted by Gasteiger charge is -2.30. The average Bonchev–Trinajstić information content (AvgIpc) is 2.55. The molecule has 0 aliphatic carbocycles. The van der Waals surface area contributed by atoms with Gasteiger partial charge >= 0.3 is 0 Å². The molecular weight excluding hydrogens is 326 g/mol. The Balaban J connectivity index is 0.00000208. The van der Waals surface area contributed by atoms with Gasteiger partial charge in [-0.05, 0) is 43.4 Å². The van der Waals surface area contributed by atoms with Gasteiger partial charge in [0.1, 0.15) is 0 Å². The van der Waals surface area contributed by atoms with Gasteiger partial charge in [-0.15, -0.1) is 12.4 Å². The Morgan fingerprint density at radius 1 is 1.33 bits per heavy atom. The van der Waals surface area contributed by atoms with Gasteiger partial charge in [-0.3, -0.25) is 9.59 Å². The van der Waals surface area contributed by atoms with Crippen LogP contribution in [0.4, 0.5) is 5.69 Å². The normalized spacial score (nSPS) is 25.9. The maximum atomic E-state index is 12.2. The molecule has 0 radical (unpaired) electrons. The number of hydrogen-bond acceptors (Lipinski definition) is 3. The van der Waals surface area contributed by atoms with Crippen molar-refractivity contribution in [3.63, 3.8) is 0 Å². The van der Waals surface area contributed by atoms with Crippen LogP contribution >= 0.6 is 12.4 Å². The second-order valence-electron chi connectivity index (χ2n) is 6.73. The molecule has 0 bridgehead atoms. The quantitative estimate of drug-likeness (QED) is 0.778. The van der Waals surface area contributed by atoms with Crippen molar-refractivity contribution in [2.75, 3.05) is 18.4 Å². The highest BCUT2D eigenvalue weighted by atomic mass is 35.5. The molecule has 1 aromatic carbocycles. The molecule has 2 aliphatic rings. The van der Waals surface area contributed by atoms with E-state index in [2.05, 4.69) is 22.9 Å². The number of rotatable bonds is 4. The first-order valence-corrected chi connectivity index (χ1v) is 8.52. The van der Waals surface area contributed by atoms with Gasteiger partial charge in [-0.25, -0.2) is 0 Å². The van der Waals surface area contributed by atoms with E-state index < -0.39 is 0 Å². The van der Waals surface area contributed by atoms with Crippen LogP contribution in [0.15, 0.2) is 24.3 Å². The van der Waals surface area contributed by atoms with E-state index in [0.29, 0.717) is 18.8 Å². The summed E-state index contributed by atoms with van der Waals surface area (Å²) in [6.45, 7) is 4.04. The Kier molecular flexibility index (Phi) is 6.63. The molecular formula is C18H26ClN3O2. The molecule has 6 heteroatoms. The fraction of sp³-hybridized carbons (Fsp3) is 0.556. The summed E-state index contributed by atoms with van der Waals surface area (Å²) in [6, 6.07) is 8.08. The maximum Gasteiger partial charge on any atom is 0.227 e. The number of carbonyl (C=O) groups is 2. The molecule has 1 saturated heterocycles. The number of piperidine rings is 1. The number of para-hydroxylation sites is 1. The lowest BCUT2D eigenvalue weighted by molar-refractivity contribution is -0.123. The Morgan fingerprint density at radius 3 is 2.92 bits per heavy atom. The summed E-state index contributed by atoms with van der Waals surface area (Å²) in [4.78, 5) is 24.3. The summed E-state index contributed by atoms with van der Waals surface area (Å²) in [5, 5.41) is 9.37. The van der Waals surface area contributed by atoms with Gasteiger partial charge in [-0.1, -0.05) is 25.1 Å². The van der Waals surface area contributed by atoms with Crippen LogP contribution in [0.25, 0.3) is 0 Å². The van der Waals surface area contributed by atoms with Gasteiger partial charge in [0.25, 0.3) is 0 Å². The van der Waals surface area contributed by atoms with Crippen LogP contribution in [0.2, 0.25) is 0 Å². The average molecular weight is 352 g/mol. The summed E-state index contributed by atoms with van der Waals surface area (Å²) in [7, 11) is 0. The third-order valence-electron chi connectivity index (χ3n) is 5.01. The molecule has 5 nitrogen and oxygen atoms in total. The summed E-state index contributed by atoms with van der Waals surface area (Å²) < 4.78 is 0. The Morgan fingerprint density at radius 2 is 2.12 bits per heavy atom. The molecule has 3 unspecified atom stereocenters. The summed E-state index contributed by atoms with van der Waals surface area (Å²) in [6.07, 6.45) is 2.81. The van der Waals surface area contributed by atoms with E-state index in [1.165, 1.54) is 0 Å². The van der Waals surface area contributed by atoms with E-state index in [9.17, 15) is 9.59 Å². The number of carbonyl (C=O) groups excluding carboxylic acids is 2. The van der Waals surface area contributed by atoms with E-state index in [-0.39, 0.29) is 36.2 Å². The number of anilines is 1. The minimum absolute atomic E-state index is 0. The zero-order valence-corrected chi connectivity index (χ0v) is 14.8. The third kappa shape index (κ3) is 4.48. The lowest BCUT2D eigenvalue weighted by atomic mass is 9.89. The Hall–Kier alpha value is -1.59. The van der Waals surface area contributed by atoms with E-state index in [0.717, 1.165) is 37.2 Å². The van der Waals surface area contributed by atoms with Crippen molar-refractivity contribution in [2.24, 2.45) is 11.8 Å². The van der Waals surface area contributed by atoms with E-state index >= 15 is 0 Å². The molecule has 3 N–H and O–H groups in total. The predicted molar refractivity (Wildman–Crippen MR) is 97.3 cm³/mol. The smallest absolute Gasteiger partial charge is 0.227 e. The van der Waals surface area contributed by atoms with Crippen molar-refractivity contribution < 1.29 is 9.59 Å². The number of nitrogens with one attached hydrogen (secondary N) is 3. The van der Waals surface area contributed by atoms with Crippen LogP contribution in [0.1, 0.15) is 31.7 Å². The largest absolute Gasteiger partial charge is 0.352 e. The standard InChI is InChI=1S/C18H25N3O2.ClH/c1-12-8-9-19-11-16(12)20-17(22)7-6-14-10-13-4-2-3-5-15(13)21-18(14)23;/h2-5,12,14,16,19H,6-11H2,1H3,(H,20,22)(H,21,23);1H.